The Kier molecular flexibility index (Phi) is 10.9. The van der Waals surface area contributed by atoms with E-state index in [1.165, 1.54) is 5.56 Å². The molecule has 0 aliphatic rings. The van der Waals surface area contributed by atoms with Gasteiger partial charge in [-0.15, -0.1) is 35.3 Å². The number of nitrogens with one attached hydrogen (secondary N) is 2. The van der Waals surface area contributed by atoms with Gasteiger partial charge in [-0.3, -0.25) is 0 Å². The lowest BCUT2D eigenvalue weighted by Gasteiger charge is -2.14. The van der Waals surface area contributed by atoms with E-state index in [0.717, 1.165) is 23.2 Å². The Bertz CT molecular complexity index is 683. The molecule has 0 atom stereocenters. The monoisotopic (exact) mass is 502 g/mol. The molecule has 0 saturated carbocycles. The summed E-state index contributed by atoms with van der Waals surface area (Å²) in [5, 5.41) is 9.73. The summed E-state index contributed by atoms with van der Waals surface area (Å²) in [6, 6.07) is 10.2. The molecule has 5 nitrogen and oxygen atoms in total. The SMILES string of the molecule is CCNC(=NCc1nc(C(C)(C)C)cs1)NCCOCc1ccccc1.I. The van der Waals surface area contributed by atoms with Gasteiger partial charge in [-0.05, 0) is 12.5 Å². The third-order valence-electron chi connectivity index (χ3n) is 3.69. The number of halogens is 1. The Hall–Kier alpha value is -1.19. The molecule has 0 saturated heterocycles. The van der Waals surface area contributed by atoms with Gasteiger partial charge in [-0.1, -0.05) is 51.1 Å². The molecule has 0 bridgehead atoms. The number of guanidine groups is 1. The zero-order chi connectivity index (χ0) is 18.8. The normalized spacial score (nSPS) is 11.8. The third kappa shape index (κ3) is 9.03. The van der Waals surface area contributed by atoms with Gasteiger partial charge in [-0.2, -0.15) is 0 Å². The first-order valence-corrected chi connectivity index (χ1v) is 9.95. The van der Waals surface area contributed by atoms with Crippen molar-refractivity contribution in [2.24, 2.45) is 4.99 Å². The summed E-state index contributed by atoms with van der Waals surface area (Å²) in [7, 11) is 0. The van der Waals surface area contributed by atoms with E-state index < -0.39 is 0 Å². The summed E-state index contributed by atoms with van der Waals surface area (Å²) < 4.78 is 5.70. The fourth-order valence-corrected chi connectivity index (χ4v) is 3.17. The van der Waals surface area contributed by atoms with Gasteiger partial charge in [0, 0.05) is 23.9 Å². The smallest absolute Gasteiger partial charge is 0.191 e. The maximum atomic E-state index is 5.70. The van der Waals surface area contributed by atoms with Crippen LogP contribution in [0.4, 0.5) is 0 Å². The van der Waals surface area contributed by atoms with Crippen LogP contribution in [0.5, 0.6) is 0 Å². The first kappa shape index (κ1) is 23.8. The van der Waals surface area contributed by atoms with Crippen molar-refractivity contribution in [1.82, 2.24) is 15.6 Å². The number of aromatic nitrogens is 1. The van der Waals surface area contributed by atoms with Crippen LogP contribution in [0.2, 0.25) is 0 Å². The number of hydrogen-bond donors (Lipinski definition) is 2. The maximum Gasteiger partial charge on any atom is 0.191 e. The van der Waals surface area contributed by atoms with E-state index in [9.17, 15) is 0 Å². The molecular formula is C20H31IN4OS. The quantitative estimate of drug-likeness (QED) is 0.244. The average molecular weight is 502 g/mol. The lowest BCUT2D eigenvalue weighted by Crippen LogP contribution is -2.38. The van der Waals surface area contributed by atoms with Gasteiger partial charge in [0.15, 0.2) is 5.96 Å². The minimum absolute atomic E-state index is 0. The van der Waals surface area contributed by atoms with Crippen LogP contribution in [0.25, 0.3) is 0 Å². The number of nitrogens with zero attached hydrogens (tertiary/aromatic N) is 2. The molecule has 2 rings (SSSR count). The van der Waals surface area contributed by atoms with E-state index >= 15 is 0 Å². The Morgan fingerprint density at radius 1 is 1.19 bits per heavy atom. The number of benzene rings is 1. The summed E-state index contributed by atoms with van der Waals surface area (Å²) in [4.78, 5) is 9.31. The van der Waals surface area contributed by atoms with E-state index in [-0.39, 0.29) is 29.4 Å². The van der Waals surface area contributed by atoms with Crippen molar-refractivity contribution in [3.05, 3.63) is 52.0 Å². The van der Waals surface area contributed by atoms with Gasteiger partial charge in [0.2, 0.25) is 0 Å². The van der Waals surface area contributed by atoms with Crippen molar-refractivity contribution in [3.63, 3.8) is 0 Å². The predicted molar refractivity (Wildman–Crippen MR) is 125 cm³/mol. The summed E-state index contributed by atoms with van der Waals surface area (Å²) >= 11 is 1.67. The molecule has 27 heavy (non-hydrogen) atoms. The molecule has 0 aliphatic carbocycles. The van der Waals surface area contributed by atoms with Crippen LogP contribution >= 0.6 is 35.3 Å². The van der Waals surface area contributed by atoms with Gasteiger partial charge in [0.05, 0.1) is 25.5 Å². The van der Waals surface area contributed by atoms with Gasteiger partial charge >= 0.3 is 0 Å². The van der Waals surface area contributed by atoms with E-state index in [1.54, 1.807) is 11.3 Å². The lowest BCUT2D eigenvalue weighted by atomic mass is 9.93. The fraction of sp³-hybridized carbons (Fsp3) is 0.500. The molecule has 2 aromatic rings. The molecule has 1 aromatic carbocycles. The Labute approximate surface area is 184 Å². The van der Waals surface area contributed by atoms with Crippen molar-refractivity contribution < 1.29 is 4.74 Å². The summed E-state index contributed by atoms with van der Waals surface area (Å²) in [6.45, 7) is 12.0. The summed E-state index contributed by atoms with van der Waals surface area (Å²) in [5.74, 6) is 0.795. The Morgan fingerprint density at radius 2 is 1.93 bits per heavy atom. The second-order valence-corrected chi connectivity index (χ2v) is 7.98. The highest BCUT2D eigenvalue weighted by molar-refractivity contribution is 14.0. The molecule has 0 radical (unpaired) electrons. The highest BCUT2D eigenvalue weighted by Crippen LogP contribution is 2.24. The van der Waals surface area contributed by atoms with Crippen molar-refractivity contribution in [1.29, 1.82) is 0 Å². The minimum Gasteiger partial charge on any atom is -0.375 e. The fourth-order valence-electron chi connectivity index (χ4n) is 2.22. The summed E-state index contributed by atoms with van der Waals surface area (Å²) in [5.41, 5.74) is 2.39. The maximum absolute atomic E-state index is 5.70. The van der Waals surface area contributed by atoms with Crippen molar-refractivity contribution in [3.8, 4) is 0 Å². The Balaban J connectivity index is 0.00000364. The van der Waals surface area contributed by atoms with Crippen LogP contribution in [-0.2, 0) is 23.3 Å². The standard InChI is InChI=1S/C20H30N4OS.HI/c1-5-21-19(22-11-12-25-14-16-9-7-6-8-10-16)23-13-18-24-17(15-26-18)20(2,3)4;/h6-10,15H,5,11-14H2,1-4H3,(H2,21,22,23);1H. The van der Waals surface area contributed by atoms with E-state index in [2.05, 4.69) is 65.8 Å². The van der Waals surface area contributed by atoms with E-state index in [4.69, 9.17) is 4.74 Å². The van der Waals surface area contributed by atoms with E-state index in [0.29, 0.717) is 26.3 Å². The first-order chi connectivity index (χ1) is 12.5. The molecule has 1 aromatic heterocycles. The molecule has 0 spiro atoms. The van der Waals surface area contributed by atoms with Crippen molar-refractivity contribution in [2.45, 2.75) is 46.3 Å². The number of rotatable bonds is 8. The number of hydrogen-bond acceptors (Lipinski definition) is 4. The predicted octanol–water partition coefficient (Wildman–Crippen LogP) is 4.33. The zero-order valence-corrected chi connectivity index (χ0v) is 19.8. The van der Waals surface area contributed by atoms with Gasteiger partial charge in [0.25, 0.3) is 0 Å². The summed E-state index contributed by atoms with van der Waals surface area (Å²) in [6.07, 6.45) is 0. The van der Waals surface area contributed by atoms with Crippen LogP contribution in [0.15, 0.2) is 40.7 Å². The third-order valence-corrected chi connectivity index (χ3v) is 4.52. The molecule has 150 valence electrons. The molecule has 2 N–H and O–H groups in total. The number of thiazole rings is 1. The molecular weight excluding hydrogens is 471 g/mol. The van der Waals surface area contributed by atoms with Crippen LogP contribution in [0, 0.1) is 0 Å². The molecule has 0 amide bonds. The first-order valence-electron chi connectivity index (χ1n) is 9.07. The molecule has 0 fully saturated rings. The van der Waals surface area contributed by atoms with Crippen LogP contribution < -0.4 is 10.6 Å². The van der Waals surface area contributed by atoms with Gasteiger partial charge in [-0.25, -0.2) is 9.98 Å². The van der Waals surface area contributed by atoms with Crippen LogP contribution in [0.1, 0.15) is 44.0 Å². The second kappa shape index (κ2) is 12.3. The van der Waals surface area contributed by atoms with Gasteiger partial charge in [0.1, 0.15) is 5.01 Å². The minimum atomic E-state index is 0. The van der Waals surface area contributed by atoms with Gasteiger partial charge < -0.3 is 15.4 Å². The number of aliphatic imine (C=N–C) groups is 1. The molecule has 0 unspecified atom stereocenters. The zero-order valence-electron chi connectivity index (χ0n) is 16.6. The van der Waals surface area contributed by atoms with Crippen molar-refractivity contribution >= 4 is 41.3 Å². The Morgan fingerprint density at radius 3 is 2.56 bits per heavy atom. The topological polar surface area (TPSA) is 58.5 Å². The van der Waals surface area contributed by atoms with E-state index in [1.807, 2.05) is 18.2 Å². The highest BCUT2D eigenvalue weighted by atomic mass is 127. The molecule has 7 heteroatoms. The highest BCUT2D eigenvalue weighted by Gasteiger charge is 2.17. The van der Waals surface area contributed by atoms with Crippen LogP contribution in [-0.4, -0.2) is 30.6 Å². The average Bonchev–Trinajstić information content (AvgIpc) is 3.09. The molecule has 0 aliphatic heterocycles. The van der Waals surface area contributed by atoms with Crippen molar-refractivity contribution in [2.75, 3.05) is 19.7 Å². The van der Waals surface area contributed by atoms with Crippen LogP contribution in [0.3, 0.4) is 0 Å². The second-order valence-electron chi connectivity index (χ2n) is 7.04. The number of ether oxygens (including phenoxy) is 1. The lowest BCUT2D eigenvalue weighted by molar-refractivity contribution is 0.125. The largest absolute Gasteiger partial charge is 0.375 e. The molecule has 1 heterocycles.